The topological polar surface area (TPSA) is 9.23 Å². The molecule has 0 saturated heterocycles. The average Bonchev–Trinajstić information content (AvgIpc) is 2.34. The van der Waals surface area contributed by atoms with E-state index in [0.29, 0.717) is 22.1 Å². The summed E-state index contributed by atoms with van der Waals surface area (Å²) < 4.78 is 18.8. The SMILES string of the molecule is Fc1cc(Oc2cccc(Cl)c2CCl)ccc1Cl. The van der Waals surface area contributed by atoms with E-state index in [1.165, 1.54) is 12.1 Å². The summed E-state index contributed by atoms with van der Waals surface area (Å²) in [6.45, 7) is 0. The lowest BCUT2D eigenvalue weighted by atomic mass is 10.2. The van der Waals surface area contributed by atoms with Gasteiger partial charge in [0.15, 0.2) is 0 Å². The van der Waals surface area contributed by atoms with Crippen molar-refractivity contribution in [3.63, 3.8) is 0 Å². The standard InChI is InChI=1S/C13H8Cl3FO/c14-7-9-10(15)2-1-3-13(9)18-8-4-5-11(16)12(17)6-8/h1-6H,7H2. The van der Waals surface area contributed by atoms with Crippen LogP contribution in [0.1, 0.15) is 5.56 Å². The van der Waals surface area contributed by atoms with Gasteiger partial charge in [0.25, 0.3) is 0 Å². The second kappa shape index (κ2) is 5.79. The van der Waals surface area contributed by atoms with Crippen LogP contribution in [0.4, 0.5) is 4.39 Å². The number of benzene rings is 2. The minimum absolute atomic E-state index is 0.0472. The number of hydrogen-bond acceptors (Lipinski definition) is 1. The number of ether oxygens (including phenoxy) is 1. The summed E-state index contributed by atoms with van der Waals surface area (Å²) in [7, 11) is 0. The van der Waals surface area contributed by atoms with Crippen molar-refractivity contribution in [2.75, 3.05) is 0 Å². The maximum atomic E-state index is 13.3. The molecule has 0 heterocycles. The zero-order valence-electron chi connectivity index (χ0n) is 9.09. The van der Waals surface area contributed by atoms with Crippen LogP contribution in [0, 0.1) is 5.82 Å². The average molecular weight is 306 g/mol. The number of halogens is 4. The second-order valence-electron chi connectivity index (χ2n) is 3.53. The van der Waals surface area contributed by atoms with Gasteiger partial charge in [0.1, 0.15) is 17.3 Å². The molecule has 0 bridgehead atoms. The fourth-order valence-corrected chi connectivity index (χ4v) is 2.13. The molecule has 0 spiro atoms. The third-order valence-corrected chi connectivity index (χ3v) is 3.26. The second-order valence-corrected chi connectivity index (χ2v) is 4.61. The lowest BCUT2D eigenvalue weighted by molar-refractivity contribution is 0.473. The van der Waals surface area contributed by atoms with Gasteiger partial charge in [0.2, 0.25) is 0 Å². The Morgan fingerprint density at radius 1 is 1.06 bits per heavy atom. The third kappa shape index (κ3) is 2.89. The van der Waals surface area contributed by atoms with Crippen LogP contribution < -0.4 is 4.74 Å². The Hall–Kier alpha value is -0.960. The molecular weight excluding hydrogens is 297 g/mol. The van der Waals surface area contributed by atoms with Crippen molar-refractivity contribution in [2.24, 2.45) is 0 Å². The van der Waals surface area contributed by atoms with Gasteiger partial charge < -0.3 is 4.74 Å². The molecule has 94 valence electrons. The highest BCUT2D eigenvalue weighted by Crippen LogP contribution is 2.32. The maximum Gasteiger partial charge on any atom is 0.145 e. The van der Waals surface area contributed by atoms with Crippen molar-refractivity contribution in [3.05, 3.63) is 57.8 Å². The van der Waals surface area contributed by atoms with Crippen molar-refractivity contribution in [3.8, 4) is 11.5 Å². The Labute approximate surface area is 119 Å². The largest absolute Gasteiger partial charge is 0.457 e. The third-order valence-electron chi connectivity index (χ3n) is 2.33. The summed E-state index contributed by atoms with van der Waals surface area (Å²) in [4.78, 5) is 0. The van der Waals surface area contributed by atoms with E-state index in [2.05, 4.69) is 0 Å². The van der Waals surface area contributed by atoms with E-state index in [9.17, 15) is 4.39 Å². The highest BCUT2D eigenvalue weighted by atomic mass is 35.5. The zero-order valence-corrected chi connectivity index (χ0v) is 11.4. The molecule has 0 aliphatic heterocycles. The Balaban J connectivity index is 2.34. The molecule has 0 N–H and O–H groups in total. The molecular formula is C13H8Cl3FO. The van der Waals surface area contributed by atoms with Gasteiger partial charge in [-0.05, 0) is 24.3 Å². The van der Waals surface area contributed by atoms with Crippen LogP contribution in [-0.4, -0.2) is 0 Å². The molecule has 0 radical (unpaired) electrons. The smallest absolute Gasteiger partial charge is 0.145 e. The molecule has 0 aliphatic carbocycles. The zero-order chi connectivity index (χ0) is 13.1. The Morgan fingerprint density at radius 3 is 2.50 bits per heavy atom. The van der Waals surface area contributed by atoms with Gasteiger partial charge in [0, 0.05) is 16.7 Å². The van der Waals surface area contributed by atoms with Gasteiger partial charge in [-0.3, -0.25) is 0 Å². The summed E-state index contributed by atoms with van der Waals surface area (Å²) in [6, 6.07) is 9.38. The predicted octanol–water partition coefficient (Wildman–Crippen LogP) is 5.66. The summed E-state index contributed by atoms with van der Waals surface area (Å²) in [5.74, 6) is 0.513. The molecule has 18 heavy (non-hydrogen) atoms. The Bertz CT molecular complexity index is 572. The van der Waals surface area contributed by atoms with Gasteiger partial charge in [-0.15, -0.1) is 11.6 Å². The highest BCUT2D eigenvalue weighted by Gasteiger charge is 2.09. The van der Waals surface area contributed by atoms with Crippen molar-refractivity contribution in [1.82, 2.24) is 0 Å². The molecule has 2 rings (SSSR count). The first-order chi connectivity index (χ1) is 8.61. The van der Waals surface area contributed by atoms with Crippen LogP contribution in [0.15, 0.2) is 36.4 Å². The molecule has 0 unspecified atom stereocenters. The molecule has 0 aromatic heterocycles. The minimum Gasteiger partial charge on any atom is -0.457 e. The van der Waals surface area contributed by atoms with Crippen molar-refractivity contribution in [1.29, 1.82) is 0 Å². The monoisotopic (exact) mass is 304 g/mol. The molecule has 2 aromatic carbocycles. The van der Waals surface area contributed by atoms with Gasteiger partial charge >= 0.3 is 0 Å². The predicted molar refractivity (Wildman–Crippen MR) is 72.5 cm³/mol. The molecule has 0 atom stereocenters. The number of rotatable bonds is 3. The minimum atomic E-state index is -0.538. The first kappa shape index (κ1) is 13.5. The van der Waals surface area contributed by atoms with Crippen LogP contribution in [0.25, 0.3) is 0 Å². The maximum absolute atomic E-state index is 13.3. The van der Waals surface area contributed by atoms with Gasteiger partial charge in [-0.25, -0.2) is 4.39 Å². The van der Waals surface area contributed by atoms with Crippen LogP contribution in [0.3, 0.4) is 0 Å². The molecule has 2 aromatic rings. The molecule has 0 saturated carbocycles. The van der Waals surface area contributed by atoms with E-state index < -0.39 is 5.82 Å². The van der Waals surface area contributed by atoms with E-state index in [-0.39, 0.29) is 10.9 Å². The quantitative estimate of drug-likeness (QED) is 0.664. The molecule has 0 amide bonds. The molecule has 0 aliphatic rings. The van der Waals surface area contributed by atoms with E-state index in [0.717, 1.165) is 0 Å². The number of alkyl halides is 1. The molecule has 5 heteroatoms. The van der Waals surface area contributed by atoms with E-state index >= 15 is 0 Å². The fraction of sp³-hybridized carbons (Fsp3) is 0.0769. The van der Waals surface area contributed by atoms with Crippen LogP contribution in [-0.2, 0) is 5.88 Å². The van der Waals surface area contributed by atoms with E-state index in [4.69, 9.17) is 39.5 Å². The van der Waals surface area contributed by atoms with Gasteiger partial charge in [-0.2, -0.15) is 0 Å². The fourth-order valence-electron chi connectivity index (χ4n) is 1.43. The summed E-state index contributed by atoms with van der Waals surface area (Å²) in [5, 5.41) is 0.558. The number of hydrogen-bond donors (Lipinski definition) is 0. The van der Waals surface area contributed by atoms with Crippen molar-refractivity contribution >= 4 is 34.8 Å². The Kier molecular flexibility index (Phi) is 4.33. The normalized spacial score (nSPS) is 10.4. The lowest BCUT2D eigenvalue weighted by Gasteiger charge is -2.11. The van der Waals surface area contributed by atoms with E-state index in [1.54, 1.807) is 24.3 Å². The summed E-state index contributed by atoms with van der Waals surface area (Å²) in [6.07, 6.45) is 0. The van der Waals surface area contributed by atoms with Gasteiger partial charge in [0.05, 0.1) is 10.9 Å². The first-order valence-corrected chi connectivity index (χ1v) is 6.37. The molecule has 0 fully saturated rings. The lowest BCUT2D eigenvalue weighted by Crippen LogP contribution is -1.91. The highest BCUT2D eigenvalue weighted by molar-refractivity contribution is 6.32. The summed E-state index contributed by atoms with van der Waals surface area (Å²) in [5.41, 5.74) is 0.663. The van der Waals surface area contributed by atoms with Crippen molar-refractivity contribution < 1.29 is 9.13 Å². The van der Waals surface area contributed by atoms with Crippen molar-refractivity contribution in [2.45, 2.75) is 5.88 Å². The van der Waals surface area contributed by atoms with Crippen LogP contribution in [0.2, 0.25) is 10.0 Å². The Morgan fingerprint density at radius 2 is 1.83 bits per heavy atom. The van der Waals surface area contributed by atoms with Gasteiger partial charge in [-0.1, -0.05) is 29.3 Å². The van der Waals surface area contributed by atoms with E-state index in [1.807, 2.05) is 0 Å². The van der Waals surface area contributed by atoms with Crippen LogP contribution in [0.5, 0.6) is 11.5 Å². The summed E-state index contributed by atoms with van der Waals surface area (Å²) >= 11 is 17.4. The molecule has 1 nitrogen and oxygen atoms in total. The van der Waals surface area contributed by atoms with Crippen LogP contribution >= 0.6 is 34.8 Å². The first-order valence-electron chi connectivity index (χ1n) is 5.08.